The quantitative estimate of drug-likeness (QED) is 0.162. The highest BCUT2D eigenvalue weighted by molar-refractivity contribution is 7.26. The molecule has 4 heterocycles. The molecule has 1 aliphatic heterocycles. The minimum atomic E-state index is -2.88. The van der Waals surface area contributed by atoms with Gasteiger partial charge in [-0.1, -0.05) is 115 Å². The van der Waals surface area contributed by atoms with Crippen molar-refractivity contribution in [1.29, 1.82) is 0 Å². The first-order valence-corrected chi connectivity index (χ1v) is 20.2. The van der Waals surface area contributed by atoms with Gasteiger partial charge in [0.15, 0.2) is 8.07 Å². The van der Waals surface area contributed by atoms with Crippen molar-refractivity contribution in [1.82, 2.24) is 9.97 Å². The molecule has 0 aliphatic carbocycles. The molecule has 0 atom stereocenters. The molecule has 0 amide bonds. The summed E-state index contributed by atoms with van der Waals surface area (Å²) in [4.78, 5) is 12.1. The maximum Gasteiger partial charge on any atom is 0.186 e. The maximum absolute atomic E-state index is 6.57. The second-order valence-corrected chi connectivity index (χ2v) is 17.8. The third-order valence-electron chi connectivity index (χ3n) is 10.1. The molecule has 0 spiro atoms. The highest BCUT2D eigenvalue weighted by Gasteiger charge is 2.49. The molecule has 0 unspecified atom stereocenters. The van der Waals surface area contributed by atoms with Crippen LogP contribution in [0.5, 0.6) is 11.5 Å². The summed E-state index contributed by atoms with van der Waals surface area (Å²) in [5, 5.41) is 7.85. The lowest BCUT2D eigenvalue weighted by Crippen LogP contribution is -2.77. The Hall–Kier alpha value is -6.34. The number of rotatable bonds is 6. The molecule has 6 heteroatoms. The summed E-state index contributed by atoms with van der Waals surface area (Å²) in [5.41, 5.74) is 4.06. The van der Waals surface area contributed by atoms with Gasteiger partial charge in [-0.25, -0.2) is 4.98 Å². The van der Waals surface area contributed by atoms with E-state index in [-0.39, 0.29) is 0 Å². The zero-order chi connectivity index (χ0) is 34.5. The van der Waals surface area contributed by atoms with Crippen LogP contribution in [0.2, 0.25) is 0 Å². The Balaban J connectivity index is 1.21. The van der Waals surface area contributed by atoms with E-state index in [4.69, 9.17) is 9.72 Å². The average molecular weight is 702 g/mol. The van der Waals surface area contributed by atoms with Crippen LogP contribution in [0.3, 0.4) is 0 Å². The minimum absolute atomic E-state index is 0.748. The number of fused-ring (bicyclic) bond motifs is 5. The van der Waals surface area contributed by atoms with E-state index in [0.717, 1.165) is 39.9 Å². The molecule has 6 aromatic carbocycles. The van der Waals surface area contributed by atoms with Crippen molar-refractivity contribution >= 4 is 77.5 Å². The molecule has 3 aromatic heterocycles. The van der Waals surface area contributed by atoms with Gasteiger partial charge in [-0.05, 0) is 75.3 Å². The Kier molecular flexibility index (Phi) is 7.30. The van der Waals surface area contributed by atoms with Crippen molar-refractivity contribution in [2.45, 2.75) is 0 Å². The van der Waals surface area contributed by atoms with Gasteiger partial charge in [0.25, 0.3) is 0 Å². The number of ether oxygens (including phenoxy) is 1. The smallest absolute Gasteiger partial charge is 0.186 e. The van der Waals surface area contributed by atoms with Gasteiger partial charge in [0.05, 0.1) is 11.4 Å². The van der Waals surface area contributed by atoms with Gasteiger partial charge in [0.1, 0.15) is 17.3 Å². The van der Waals surface area contributed by atoms with E-state index < -0.39 is 8.07 Å². The summed E-state index contributed by atoms with van der Waals surface area (Å²) in [6, 6.07) is 62.7. The molecule has 52 heavy (non-hydrogen) atoms. The fourth-order valence-corrected chi connectivity index (χ4v) is 14.0. The van der Waals surface area contributed by atoms with E-state index in [1.807, 2.05) is 66.2 Å². The Bertz CT molecular complexity index is 2690. The molecule has 0 saturated carbocycles. The number of anilines is 3. The van der Waals surface area contributed by atoms with Crippen LogP contribution in [-0.4, -0.2) is 18.0 Å². The number of aromatic nitrogens is 2. The highest BCUT2D eigenvalue weighted by atomic mass is 32.1. The number of nitrogens with zero attached hydrogens (tertiary/aromatic N) is 3. The van der Waals surface area contributed by atoms with Gasteiger partial charge in [-0.2, -0.15) is 0 Å². The molecule has 0 fully saturated rings. The summed E-state index contributed by atoms with van der Waals surface area (Å²) in [6.07, 6.45) is 3.74. The van der Waals surface area contributed by atoms with Crippen LogP contribution in [0.4, 0.5) is 17.2 Å². The lowest BCUT2D eigenvalue weighted by molar-refractivity contribution is 0.483. The molecule has 0 saturated heterocycles. The Morgan fingerprint density at radius 3 is 2.00 bits per heavy atom. The van der Waals surface area contributed by atoms with Crippen LogP contribution in [-0.2, 0) is 0 Å². The Morgan fingerprint density at radius 1 is 0.500 bits per heavy atom. The molecule has 9 aromatic rings. The first kappa shape index (κ1) is 30.5. The molecule has 10 rings (SSSR count). The van der Waals surface area contributed by atoms with Crippen molar-refractivity contribution in [2.75, 3.05) is 4.90 Å². The standard InChI is InChI=1S/C46H31N3OSSi/c1-3-18-36(19-4-1)52(37-20-5-2-6-21-37)44-25-13-27-48-46(44)49(41-31-43-39(30-45(41)52)38-22-7-8-24-42(38)51-43)33-15-12-17-35(29-33)50-34-16-11-14-32(28-34)40-23-9-10-26-47-40/h1-31H. The molecular formula is C46H31N3OSSi. The average Bonchev–Trinajstić information content (AvgIpc) is 3.58. The molecule has 0 N–H and O–H groups in total. The molecule has 1 aliphatic rings. The van der Waals surface area contributed by atoms with Gasteiger partial charge in [0.2, 0.25) is 0 Å². The van der Waals surface area contributed by atoms with Crippen molar-refractivity contribution in [3.63, 3.8) is 0 Å². The molecule has 0 radical (unpaired) electrons. The Morgan fingerprint density at radius 2 is 1.21 bits per heavy atom. The van der Waals surface area contributed by atoms with E-state index in [1.54, 1.807) is 0 Å². The molecule has 246 valence electrons. The molecule has 0 bridgehead atoms. The van der Waals surface area contributed by atoms with Gasteiger partial charge in [-0.3, -0.25) is 9.88 Å². The lowest BCUT2D eigenvalue weighted by atomic mass is 10.1. The first-order chi connectivity index (χ1) is 25.8. The van der Waals surface area contributed by atoms with Crippen LogP contribution in [0.25, 0.3) is 31.4 Å². The van der Waals surface area contributed by atoms with Crippen molar-refractivity contribution < 1.29 is 4.74 Å². The van der Waals surface area contributed by atoms with E-state index >= 15 is 0 Å². The van der Waals surface area contributed by atoms with Crippen LogP contribution in [0.1, 0.15) is 0 Å². The highest BCUT2D eigenvalue weighted by Crippen LogP contribution is 2.43. The van der Waals surface area contributed by atoms with E-state index in [1.165, 1.54) is 40.9 Å². The number of hydrogen-bond donors (Lipinski definition) is 0. The van der Waals surface area contributed by atoms with E-state index in [9.17, 15) is 0 Å². The van der Waals surface area contributed by atoms with Crippen LogP contribution in [0, 0.1) is 0 Å². The van der Waals surface area contributed by atoms with Crippen LogP contribution >= 0.6 is 11.3 Å². The molecular weight excluding hydrogens is 671 g/mol. The largest absolute Gasteiger partial charge is 0.457 e. The second-order valence-electron chi connectivity index (χ2n) is 13.0. The van der Waals surface area contributed by atoms with Gasteiger partial charge < -0.3 is 4.74 Å². The summed E-state index contributed by atoms with van der Waals surface area (Å²) >= 11 is 1.85. The summed E-state index contributed by atoms with van der Waals surface area (Å²) in [5.74, 6) is 2.45. The first-order valence-electron chi connectivity index (χ1n) is 17.4. The van der Waals surface area contributed by atoms with Crippen molar-refractivity contribution in [3.8, 4) is 22.8 Å². The maximum atomic E-state index is 6.57. The van der Waals surface area contributed by atoms with Crippen LogP contribution in [0.15, 0.2) is 188 Å². The topological polar surface area (TPSA) is 38.2 Å². The van der Waals surface area contributed by atoms with Gasteiger partial charge >= 0.3 is 0 Å². The fraction of sp³-hybridized carbons (Fsp3) is 0. The molecule has 4 nitrogen and oxygen atoms in total. The summed E-state index contributed by atoms with van der Waals surface area (Å²) in [6.45, 7) is 0. The SMILES string of the molecule is c1ccc([Si]2(c3ccccc3)c3cc4c(cc3N(c3cccc(Oc5cccc(-c6ccccn6)c5)c3)c3ncccc32)sc2ccccc24)cc1. The normalized spacial score (nSPS) is 13.1. The van der Waals surface area contributed by atoms with Gasteiger partial charge in [-0.15, -0.1) is 11.3 Å². The van der Waals surface area contributed by atoms with Crippen molar-refractivity contribution in [2.24, 2.45) is 0 Å². The monoisotopic (exact) mass is 701 g/mol. The minimum Gasteiger partial charge on any atom is -0.457 e. The predicted molar refractivity (Wildman–Crippen MR) is 219 cm³/mol. The van der Waals surface area contributed by atoms with E-state index in [0.29, 0.717) is 0 Å². The van der Waals surface area contributed by atoms with Crippen molar-refractivity contribution in [3.05, 3.63) is 188 Å². The van der Waals surface area contributed by atoms with Crippen LogP contribution < -0.4 is 30.4 Å². The third-order valence-corrected chi connectivity index (χ3v) is 16.0. The zero-order valence-electron chi connectivity index (χ0n) is 28.1. The number of pyridine rings is 2. The number of thiophene rings is 1. The number of benzene rings is 6. The second kappa shape index (κ2) is 12.5. The lowest BCUT2D eigenvalue weighted by Gasteiger charge is -2.44. The predicted octanol–water partition coefficient (Wildman–Crippen LogP) is 9.46. The van der Waals surface area contributed by atoms with E-state index in [2.05, 4.69) is 143 Å². The third kappa shape index (κ3) is 4.87. The number of hydrogen-bond acceptors (Lipinski definition) is 5. The zero-order valence-corrected chi connectivity index (χ0v) is 29.9. The fourth-order valence-electron chi connectivity index (χ4n) is 7.87. The summed E-state index contributed by atoms with van der Waals surface area (Å²) in [7, 11) is -2.88. The van der Waals surface area contributed by atoms with Gasteiger partial charge in [0, 0.05) is 49.9 Å². The summed E-state index contributed by atoms with van der Waals surface area (Å²) < 4.78 is 9.12. The Labute approximate surface area is 306 Å².